The van der Waals surface area contributed by atoms with Gasteiger partial charge in [0.25, 0.3) is 0 Å². The average molecular weight is 431 g/mol. The molecule has 4 nitrogen and oxygen atoms in total. The number of fused-ring (bicyclic) bond motifs is 2. The van der Waals surface area contributed by atoms with E-state index in [1.165, 1.54) is 11.0 Å². The summed E-state index contributed by atoms with van der Waals surface area (Å²) in [5.74, 6) is -2.49. The van der Waals surface area contributed by atoms with Crippen LogP contribution in [0.15, 0.2) is 18.2 Å². The lowest BCUT2D eigenvalue weighted by Crippen LogP contribution is -2.65. The number of nitrogens with zero attached hydrogens (tertiary/aromatic N) is 2. The fourth-order valence-corrected chi connectivity index (χ4v) is 4.89. The minimum atomic E-state index is -4.59. The number of alkyl halides is 6. The Morgan fingerprint density at radius 2 is 1.73 bits per heavy atom. The molecule has 0 aromatic heterocycles. The summed E-state index contributed by atoms with van der Waals surface area (Å²) in [5, 5.41) is 11.7. The first kappa shape index (κ1) is 20.8. The normalized spacial score (nSPS) is 30.7. The van der Waals surface area contributed by atoms with Gasteiger partial charge in [-0.15, -0.1) is 0 Å². The maximum absolute atomic E-state index is 13.4. The molecule has 10 heteroatoms. The average Bonchev–Trinajstić information content (AvgIpc) is 2.59. The fourth-order valence-electron chi connectivity index (χ4n) is 4.89. The second kappa shape index (κ2) is 7.06. The summed E-state index contributed by atoms with van der Waals surface area (Å²) in [6.45, 7) is 0. The summed E-state index contributed by atoms with van der Waals surface area (Å²) in [4.78, 5) is 14.0. The van der Waals surface area contributed by atoms with Crippen molar-refractivity contribution in [2.75, 3.05) is 5.32 Å². The maximum Gasteiger partial charge on any atom is 0.416 e. The van der Waals surface area contributed by atoms with Crippen LogP contribution in [0.25, 0.3) is 0 Å². The number of rotatable bonds is 2. The van der Waals surface area contributed by atoms with Gasteiger partial charge in [-0.25, -0.2) is 4.79 Å². The Bertz CT molecular complexity index is 878. The van der Waals surface area contributed by atoms with Gasteiger partial charge in [0.1, 0.15) is 0 Å². The number of likely N-dealkylation sites (tertiary alicyclic amines) is 1. The van der Waals surface area contributed by atoms with Crippen LogP contribution in [0.5, 0.6) is 0 Å². The summed E-state index contributed by atoms with van der Waals surface area (Å²) in [5.41, 5.74) is -0.720. The van der Waals surface area contributed by atoms with Gasteiger partial charge in [0.05, 0.1) is 23.5 Å². The van der Waals surface area contributed by atoms with Crippen molar-refractivity contribution in [3.8, 4) is 6.07 Å². The van der Waals surface area contributed by atoms with Gasteiger partial charge in [0.15, 0.2) is 0 Å². The zero-order valence-corrected chi connectivity index (χ0v) is 15.7. The van der Waals surface area contributed by atoms with Crippen molar-refractivity contribution in [2.45, 2.75) is 62.5 Å². The molecule has 1 saturated heterocycles. The minimum absolute atomic E-state index is 0.0287. The molecule has 3 aliphatic rings. The topological polar surface area (TPSA) is 56.1 Å². The number of anilines is 1. The quantitative estimate of drug-likeness (QED) is 0.614. The van der Waals surface area contributed by atoms with E-state index >= 15 is 0 Å². The van der Waals surface area contributed by atoms with Crippen LogP contribution in [-0.4, -0.2) is 29.2 Å². The summed E-state index contributed by atoms with van der Waals surface area (Å²) in [6, 6.07) is 3.64. The van der Waals surface area contributed by atoms with Crippen LogP contribution in [0.1, 0.15) is 49.1 Å². The van der Waals surface area contributed by atoms with E-state index < -0.39 is 53.8 Å². The number of urea groups is 1. The third-order valence-corrected chi connectivity index (χ3v) is 6.59. The molecule has 4 rings (SSSR count). The number of piperidine rings is 1. The highest BCUT2D eigenvalue weighted by atomic mass is 19.4. The summed E-state index contributed by atoms with van der Waals surface area (Å²) in [7, 11) is 0. The van der Waals surface area contributed by atoms with Crippen molar-refractivity contribution >= 4 is 11.7 Å². The Morgan fingerprint density at radius 1 is 1.07 bits per heavy atom. The number of halogens is 6. The number of nitriles is 1. The van der Waals surface area contributed by atoms with Crippen molar-refractivity contribution in [1.29, 1.82) is 5.26 Å². The van der Waals surface area contributed by atoms with Crippen LogP contribution in [0.3, 0.4) is 0 Å². The standard InChI is InChI=1S/C20H19F6N3O/c21-19(22,23)11-5-13-8-14(6-11)29(13)18(30)28-12-2-4-17(20(24,25)26)16(7-12)15-3-1-10(15)9-27/h2,4,7,10-11,13-15H,1,3,5-6,8H2,(H,28,30)/t10-,11?,13?,14?,15?/m0/s1. The molecule has 1 aromatic carbocycles. The van der Waals surface area contributed by atoms with Gasteiger partial charge < -0.3 is 10.2 Å². The molecule has 4 atom stereocenters. The maximum atomic E-state index is 13.4. The van der Waals surface area contributed by atoms with Crippen molar-refractivity contribution in [1.82, 2.24) is 4.90 Å². The van der Waals surface area contributed by atoms with E-state index in [2.05, 4.69) is 5.32 Å². The zero-order chi connectivity index (χ0) is 21.8. The van der Waals surface area contributed by atoms with Crippen molar-refractivity contribution < 1.29 is 31.1 Å². The lowest BCUT2D eigenvalue weighted by atomic mass is 9.69. The molecule has 30 heavy (non-hydrogen) atoms. The number of amides is 2. The highest BCUT2D eigenvalue weighted by Gasteiger charge is 2.54. The van der Waals surface area contributed by atoms with E-state index in [0.29, 0.717) is 19.3 Å². The van der Waals surface area contributed by atoms with E-state index in [4.69, 9.17) is 5.26 Å². The van der Waals surface area contributed by atoms with E-state index in [-0.39, 0.29) is 24.1 Å². The molecule has 2 aliphatic carbocycles. The first-order chi connectivity index (χ1) is 14.0. The smallest absolute Gasteiger partial charge is 0.318 e. The second-order valence-electron chi connectivity index (χ2n) is 8.31. The lowest BCUT2D eigenvalue weighted by molar-refractivity contribution is -0.205. The Labute approximate surface area is 168 Å². The molecule has 0 radical (unpaired) electrons. The van der Waals surface area contributed by atoms with Crippen LogP contribution in [0, 0.1) is 23.2 Å². The van der Waals surface area contributed by atoms with E-state index in [0.717, 1.165) is 12.1 Å². The van der Waals surface area contributed by atoms with Crippen LogP contribution in [-0.2, 0) is 6.18 Å². The van der Waals surface area contributed by atoms with E-state index in [9.17, 15) is 31.1 Å². The van der Waals surface area contributed by atoms with Crippen LogP contribution in [0.2, 0.25) is 0 Å². The molecule has 1 heterocycles. The van der Waals surface area contributed by atoms with Gasteiger partial charge in [-0.1, -0.05) is 0 Å². The molecule has 2 saturated carbocycles. The summed E-state index contributed by atoms with van der Waals surface area (Å²) < 4.78 is 79.0. The predicted molar refractivity (Wildman–Crippen MR) is 94.4 cm³/mol. The largest absolute Gasteiger partial charge is 0.416 e. The van der Waals surface area contributed by atoms with Crippen LogP contribution >= 0.6 is 0 Å². The van der Waals surface area contributed by atoms with E-state index in [1.54, 1.807) is 0 Å². The predicted octanol–water partition coefficient (Wildman–Crippen LogP) is 5.67. The molecule has 162 valence electrons. The lowest BCUT2D eigenvalue weighted by Gasteiger charge is -2.55. The SMILES string of the molecule is N#C[C@@H]1CCC1c1cc(NC(=O)N2C3CC2CC(C(F)(F)F)C3)ccc1C(F)(F)F. The van der Waals surface area contributed by atoms with Crippen molar-refractivity contribution in [3.63, 3.8) is 0 Å². The first-order valence-electron chi connectivity index (χ1n) is 9.76. The molecule has 3 unspecified atom stereocenters. The van der Waals surface area contributed by atoms with Gasteiger partial charge in [0, 0.05) is 23.7 Å². The molecule has 1 aromatic rings. The molecular weight excluding hydrogens is 412 g/mol. The highest BCUT2D eigenvalue weighted by molar-refractivity contribution is 5.90. The van der Waals surface area contributed by atoms with Crippen LogP contribution < -0.4 is 5.32 Å². The third kappa shape index (κ3) is 3.59. The minimum Gasteiger partial charge on any atom is -0.318 e. The molecule has 1 N–H and O–H groups in total. The van der Waals surface area contributed by atoms with Crippen molar-refractivity contribution in [3.05, 3.63) is 29.3 Å². The fraction of sp³-hybridized carbons (Fsp3) is 0.600. The molecular formula is C20H19F6N3O. The number of nitrogens with one attached hydrogen (secondary N) is 1. The molecule has 0 spiro atoms. The number of carbonyl (C=O) groups is 1. The van der Waals surface area contributed by atoms with Gasteiger partial charge >= 0.3 is 18.4 Å². The van der Waals surface area contributed by atoms with Gasteiger partial charge in [-0.2, -0.15) is 31.6 Å². The Morgan fingerprint density at radius 3 is 2.23 bits per heavy atom. The number of hydrogen-bond acceptors (Lipinski definition) is 2. The number of carbonyl (C=O) groups excluding carboxylic acids is 1. The van der Waals surface area contributed by atoms with Gasteiger partial charge in [0.2, 0.25) is 0 Å². The zero-order valence-electron chi connectivity index (χ0n) is 15.7. The highest BCUT2D eigenvalue weighted by Crippen LogP contribution is 2.49. The Kier molecular flexibility index (Phi) is 4.90. The molecule has 2 bridgehead atoms. The number of benzene rings is 1. The van der Waals surface area contributed by atoms with Gasteiger partial charge in [-0.05, 0) is 55.9 Å². The number of hydrogen-bond donors (Lipinski definition) is 1. The van der Waals surface area contributed by atoms with E-state index in [1.807, 2.05) is 6.07 Å². The van der Waals surface area contributed by atoms with Crippen molar-refractivity contribution in [2.24, 2.45) is 11.8 Å². The monoisotopic (exact) mass is 431 g/mol. The third-order valence-electron chi connectivity index (χ3n) is 6.59. The van der Waals surface area contributed by atoms with Gasteiger partial charge in [-0.3, -0.25) is 0 Å². The molecule has 2 amide bonds. The first-order valence-corrected chi connectivity index (χ1v) is 9.76. The molecule has 3 fully saturated rings. The molecule has 1 aliphatic heterocycles. The Balaban J connectivity index is 1.50. The Hall–Kier alpha value is -2.44. The van der Waals surface area contributed by atoms with Crippen LogP contribution in [0.4, 0.5) is 36.8 Å². The second-order valence-corrected chi connectivity index (χ2v) is 8.31. The summed E-state index contributed by atoms with van der Waals surface area (Å²) >= 11 is 0. The summed E-state index contributed by atoms with van der Waals surface area (Å²) in [6.07, 6.45) is -7.71.